The van der Waals surface area contributed by atoms with Crippen LogP contribution in [0.3, 0.4) is 0 Å². The molecule has 0 unspecified atom stereocenters. The van der Waals surface area contributed by atoms with Crippen LogP contribution >= 0.6 is 23.4 Å². The van der Waals surface area contributed by atoms with E-state index in [-0.39, 0.29) is 10.6 Å². The number of benzene rings is 2. The number of hydrogen-bond acceptors (Lipinski definition) is 6. The van der Waals surface area contributed by atoms with Crippen LogP contribution < -0.4 is 16.2 Å². The number of aromatic nitrogens is 2. The number of aryl methyl sites for hydroxylation is 2. The highest BCUT2D eigenvalue weighted by molar-refractivity contribution is 7.98. The fraction of sp³-hybridized carbons (Fsp3) is 0.208. The van der Waals surface area contributed by atoms with Crippen LogP contribution in [-0.4, -0.2) is 33.7 Å². The summed E-state index contributed by atoms with van der Waals surface area (Å²) in [6, 6.07) is 14.6. The fourth-order valence-electron chi connectivity index (χ4n) is 2.94. The summed E-state index contributed by atoms with van der Waals surface area (Å²) in [5, 5.41) is 3.53. The van der Waals surface area contributed by atoms with E-state index in [1.807, 2.05) is 32.0 Å². The summed E-state index contributed by atoms with van der Waals surface area (Å²) in [6.45, 7) is 5.36. The van der Waals surface area contributed by atoms with Crippen LogP contribution in [0.5, 0.6) is 0 Å². The standard InChI is InChI=1S/C24H24ClN5O3S/c1-14-12-15(2)27-24(26-14)34-13-17-8-10-18(11-9-17)22(32)30-29-21(31)16(3)28-23(33)19-6-4-5-7-20(19)25/h4-12,16H,13H2,1-3H3,(H,28,33)(H,29,31)(H,30,32)/t16-/m0/s1. The van der Waals surface area contributed by atoms with Crippen molar-refractivity contribution in [1.82, 2.24) is 26.1 Å². The van der Waals surface area contributed by atoms with Gasteiger partial charge in [0.2, 0.25) is 0 Å². The molecule has 1 heterocycles. The zero-order valence-corrected chi connectivity index (χ0v) is 20.5. The Morgan fingerprint density at radius 1 is 0.941 bits per heavy atom. The summed E-state index contributed by atoms with van der Waals surface area (Å²) in [6.07, 6.45) is 0. The van der Waals surface area contributed by atoms with Crippen LogP contribution in [0.2, 0.25) is 5.02 Å². The minimum absolute atomic E-state index is 0.259. The molecule has 3 aromatic rings. The van der Waals surface area contributed by atoms with Gasteiger partial charge in [0, 0.05) is 22.7 Å². The Hall–Kier alpha value is -3.43. The van der Waals surface area contributed by atoms with E-state index in [9.17, 15) is 14.4 Å². The van der Waals surface area contributed by atoms with E-state index in [4.69, 9.17) is 11.6 Å². The molecule has 8 nitrogen and oxygen atoms in total. The largest absolute Gasteiger partial charge is 0.340 e. The molecule has 0 fully saturated rings. The van der Waals surface area contributed by atoms with E-state index in [1.165, 1.54) is 18.7 Å². The van der Waals surface area contributed by atoms with E-state index >= 15 is 0 Å². The Bertz CT molecular complexity index is 1180. The van der Waals surface area contributed by atoms with E-state index < -0.39 is 23.8 Å². The van der Waals surface area contributed by atoms with Gasteiger partial charge in [-0.3, -0.25) is 25.2 Å². The molecule has 10 heteroatoms. The molecule has 0 aliphatic rings. The van der Waals surface area contributed by atoms with Crippen LogP contribution in [0.25, 0.3) is 0 Å². The van der Waals surface area contributed by atoms with E-state index in [0.717, 1.165) is 17.0 Å². The molecule has 176 valence electrons. The Kier molecular flexibility index (Phi) is 8.61. The number of nitrogens with zero attached hydrogens (tertiary/aromatic N) is 2. The van der Waals surface area contributed by atoms with Crippen LogP contribution in [-0.2, 0) is 10.5 Å². The monoisotopic (exact) mass is 497 g/mol. The number of nitrogens with one attached hydrogen (secondary N) is 3. The predicted molar refractivity (Wildman–Crippen MR) is 131 cm³/mol. The molecule has 34 heavy (non-hydrogen) atoms. The topological polar surface area (TPSA) is 113 Å². The Labute approximate surface area is 206 Å². The van der Waals surface area contributed by atoms with E-state index in [2.05, 4.69) is 26.1 Å². The number of rotatable bonds is 7. The average Bonchev–Trinajstić information content (AvgIpc) is 2.81. The minimum Gasteiger partial charge on any atom is -0.340 e. The first kappa shape index (κ1) is 25.2. The number of halogens is 1. The summed E-state index contributed by atoms with van der Waals surface area (Å²) in [5.74, 6) is -0.881. The van der Waals surface area contributed by atoms with Crippen LogP contribution in [0.15, 0.2) is 59.8 Å². The first-order chi connectivity index (χ1) is 16.2. The summed E-state index contributed by atoms with van der Waals surface area (Å²) in [5.41, 5.74) is 8.15. The summed E-state index contributed by atoms with van der Waals surface area (Å²) in [7, 11) is 0. The van der Waals surface area contributed by atoms with Crippen molar-refractivity contribution in [3.05, 3.63) is 87.7 Å². The van der Waals surface area contributed by atoms with Crippen molar-refractivity contribution < 1.29 is 14.4 Å². The molecule has 0 saturated heterocycles. The number of hydrazine groups is 1. The maximum absolute atomic E-state index is 12.4. The minimum atomic E-state index is -0.893. The highest BCUT2D eigenvalue weighted by atomic mass is 35.5. The first-order valence-electron chi connectivity index (χ1n) is 10.4. The number of carbonyl (C=O) groups excluding carboxylic acids is 3. The van der Waals surface area contributed by atoms with Crippen LogP contribution in [0.1, 0.15) is 44.6 Å². The fourth-order valence-corrected chi connectivity index (χ4v) is 4.07. The van der Waals surface area contributed by atoms with Crippen molar-refractivity contribution in [3.8, 4) is 0 Å². The van der Waals surface area contributed by atoms with Crippen molar-refractivity contribution in [2.75, 3.05) is 0 Å². The molecule has 0 spiro atoms. The third kappa shape index (κ3) is 7.03. The van der Waals surface area contributed by atoms with Crippen LogP contribution in [0.4, 0.5) is 0 Å². The number of thioether (sulfide) groups is 1. The van der Waals surface area contributed by atoms with Crippen molar-refractivity contribution in [3.63, 3.8) is 0 Å². The third-order valence-corrected chi connectivity index (χ3v) is 5.95. The number of amides is 3. The lowest BCUT2D eigenvalue weighted by molar-refractivity contribution is -0.123. The second-order valence-electron chi connectivity index (χ2n) is 7.54. The second kappa shape index (κ2) is 11.6. The third-order valence-electron chi connectivity index (χ3n) is 4.70. The molecule has 0 aliphatic carbocycles. The van der Waals surface area contributed by atoms with E-state index in [0.29, 0.717) is 16.5 Å². The molecule has 1 aromatic heterocycles. The van der Waals surface area contributed by atoms with Crippen molar-refractivity contribution in [1.29, 1.82) is 0 Å². The smallest absolute Gasteiger partial charge is 0.269 e. The van der Waals surface area contributed by atoms with Crippen molar-refractivity contribution in [2.24, 2.45) is 0 Å². The Morgan fingerprint density at radius 3 is 2.24 bits per heavy atom. The maximum atomic E-state index is 12.4. The molecule has 3 amide bonds. The molecule has 0 bridgehead atoms. The SMILES string of the molecule is Cc1cc(C)nc(SCc2ccc(C(=O)NNC(=O)[C@H](C)NC(=O)c3ccccc3Cl)cc2)n1. The number of carbonyl (C=O) groups is 3. The molecule has 3 rings (SSSR count). The zero-order chi connectivity index (χ0) is 24.7. The lowest BCUT2D eigenvalue weighted by atomic mass is 10.1. The van der Waals surface area contributed by atoms with Gasteiger partial charge in [-0.1, -0.05) is 47.6 Å². The molecular weight excluding hydrogens is 474 g/mol. The van der Waals surface area contributed by atoms with Gasteiger partial charge < -0.3 is 5.32 Å². The lowest BCUT2D eigenvalue weighted by Crippen LogP contribution is -2.51. The quantitative estimate of drug-likeness (QED) is 0.261. The molecule has 0 aliphatic heterocycles. The predicted octanol–water partition coefficient (Wildman–Crippen LogP) is 3.62. The van der Waals surface area contributed by atoms with Gasteiger partial charge >= 0.3 is 0 Å². The first-order valence-corrected chi connectivity index (χ1v) is 11.8. The molecule has 0 saturated carbocycles. The Morgan fingerprint density at radius 2 is 1.59 bits per heavy atom. The van der Waals surface area contributed by atoms with Gasteiger partial charge in [0.1, 0.15) is 6.04 Å². The second-order valence-corrected chi connectivity index (χ2v) is 8.89. The van der Waals surface area contributed by atoms with Gasteiger partial charge in [0.25, 0.3) is 17.7 Å². The highest BCUT2D eigenvalue weighted by Crippen LogP contribution is 2.20. The van der Waals surface area contributed by atoms with Crippen molar-refractivity contribution in [2.45, 2.75) is 37.7 Å². The number of hydrogen-bond donors (Lipinski definition) is 3. The van der Waals surface area contributed by atoms with Gasteiger partial charge in [-0.15, -0.1) is 0 Å². The van der Waals surface area contributed by atoms with Crippen molar-refractivity contribution >= 4 is 41.1 Å². The summed E-state index contributed by atoms with van der Waals surface area (Å²) in [4.78, 5) is 45.7. The molecule has 2 aromatic carbocycles. The van der Waals surface area contributed by atoms with Gasteiger partial charge in [-0.05, 0) is 56.7 Å². The lowest BCUT2D eigenvalue weighted by Gasteiger charge is -2.15. The molecule has 0 radical (unpaired) electrons. The van der Waals surface area contributed by atoms with Gasteiger partial charge in [-0.2, -0.15) is 0 Å². The summed E-state index contributed by atoms with van der Waals surface area (Å²) >= 11 is 7.52. The van der Waals surface area contributed by atoms with Gasteiger partial charge in [-0.25, -0.2) is 9.97 Å². The van der Waals surface area contributed by atoms with Crippen LogP contribution in [0, 0.1) is 13.8 Å². The molecule has 1 atom stereocenters. The van der Waals surface area contributed by atoms with Gasteiger partial charge in [0.15, 0.2) is 5.16 Å². The Balaban J connectivity index is 1.48. The maximum Gasteiger partial charge on any atom is 0.269 e. The average molecular weight is 498 g/mol. The van der Waals surface area contributed by atoms with E-state index in [1.54, 1.807) is 36.4 Å². The highest BCUT2D eigenvalue weighted by Gasteiger charge is 2.18. The molecular formula is C24H24ClN5O3S. The van der Waals surface area contributed by atoms with Gasteiger partial charge in [0.05, 0.1) is 10.6 Å². The zero-order valence-electron chi connectivity index (χ0n) is 18.9. The summed E-state index contributed by atoms with van der Waals surface area (Å²) < 4.78 is 0. The molecule has 3 N–H and O–H groups in total. The normalized spacial score (nSPS) is 11.4.